The Morgan fingerprint density at radius 1 is 1.10 bits per heavy atom. The van der Waals surface area contributed by atoms with Crippen molar-refractivity contribution in [3.8, 4) is 0 Å². The van der Waals surface area contributed by atoms with Crippen molar-refractivity contribution in [1.29, 1.82) is 0 Å². The second kappa shape index (κ2) is 6.25. The zero-order chi connectivity index (χ0) is 14.5. The van der Waals surface area contributed by atoms with Crippen molar-refractivity contribution in [1.82, 2.24) is 10.9 Å². The molecule has 1 heterocycles. The molecule has 2 aromatic rings. The minimum absolute atomic E-state index is 0.147. The van der Waals surface area contributed by atoms with Gasteiger partial charge in [-0.2, -0.15) is 0 Å². The SMILES string of the molecule is Cc1ccc(C(=O)NNC(=O)Cc2ccc(Cl)cc2)o1. The summed E-state index contributed by atoms with van der Waals surface area (Å²) in [7, 11) is 0. The van der Waals surface area contributed by atoms with E-state index in [1.807, 2.05) is 0 Å². The second-order valence-corrected chi connectivity index (χ2v) is 4.65. The summed E-state index contributed by atoms with van der Waals surface area (Å²) in [6, 6.07) is 10.1. The van der Waals surface area contributed by atoms with E-state index in [4.69, 9.17) is 16.0 Å². The third kappa shape index (κ3) is 3.86. The predicted molar refractivity (Wildman–Crippen MR) is 74.2 cm³/mol. The van der Waals surface area contributed by atoms with Crippen molar-refractivity contribution in [2.75, 3.05) is 0 Å². The summed E-state index contributed by atoms with van der Waals surface area (Å²) < 4.78 is 5.13. The number of hydrogen-bond donors (Lipinski definition) is 2. The lowest BCUT2D eigenvalue weighted by atomic mass is 10.1. The first-order chi connectivity index (χ1) is 9.54. The molecule has 0 aliphatic heterocycles. The molecule has 0 aliphatic rings. The topological polar surface area (TPSA) is 71.3 Å². The molecular weight excluding hydrogens is 280 g/mol. The van der Waals surface area contributed by atoms with Gasteiger partial charge in [-0.05, 0) is 36.8 Å². The lowest BCUT2D eigenvalue weighted by Crippen LogP contribution is -2.42. The van der Waals surface area contributed by atoms with Crippen molar-refractivity contribution >= 4 is 23.4 Å². The standard InChI is InChI=1S/C14H13ClN2O3/c1-9-2-7-12(20-9)14(19)17-16-13(18)8-10-3-5-11(15)6-4-10/h2-7H,8H2,1H3,(H,16,18)(H,17,19). The number of rotatable bonds is 3. The van der Waals surface area contributed by atoms with Gasteiger partial charge in [-0.15, -0.1) is 0 Å². The normalized spacial score (nSPS) is 10.1. The Morgan fingerprint density at radius 2 is 1.80 bits per heavy atom. The Labute approximate surface area is 120 Å². The molecule has 20 heavy (non-hydrogen) atoms. The zero-order valence-electron chi connectivity index (χ0n) is 10.8. The first-order valence-electron chi connectivity index (χ1n) is 5.94. The number of carbonyl (C=O) groups is 2. The van der Waals surface area contributed by atoms with Gasteiger partial charge in [0.1, 0.15) is 5.76 Å². The summed E-state index contributed by atoms with van der Waals surface area (Å²) in [5.41, 5.74) is 5.41. The van der Waals surface area contributed by atoms with Crippen LogP contribution in [0.2, 0.25) is 5.02 Å². The van der Waals surface area contributed by atoms with Crippen LogP contribution in [-0.2, 0) is 11.2 Å². The highest BCUT2D eigenvalue weighted by Crippen LogP contribution is 2.09. The van der Waals surface area contributed by atoms with Crippen LogP contribution < -0.4 is 10.9 Å². The molecule has 0 atom stereocenters. The van der Waals surface area contributed by atoms with Crippen molar-refractivity contribution in [2.45, 2.75) is 13.3 Å². The molecule has 2 N–H and O–H groups in total. The summed E-state index contributed by atoms with van der Waals surface area (Å²) >= 11 is 5.75. The molecule has 0 saturated heterocycles. The van der Waals surface area contributed by atoms with E-state index in [-0.39, 0.29) is 18.1 Å². The number of amides is 2. The van der Waals surface area contributed by atoms with E-state index in [0.717, 1.165) is 5.56 Å². The van der Waals surface area contributed by atoms with Crippen molar-refractivity contribution in [3.05, 3.63) is 58.5 Å². The van der Waals surface area contributed by atoms with Crippen LogP contribution in [0.15, 0.2) is 40.8 Å². The summed E-state index contributed by atoms with van der Waals surface area (Å²) in [6.45, 7) is 1.73. The van der Waals surface area contributed by atoms with Crippen LogP contribution in [0.3, 0.4) is 0 Å². The quantitative estimate of drug-likeness (QED) is 0.852. The molecule has 1 aromatic carbocycles. The second-order valence-electron chi connectivity index (χ2n) is 4.22. The number of hydrogen-bond acceptors (Lipinski definition) is 3. The van der Waals surface area contributed by atoms with Gasteiger partial charge in [-0.1, -0.05) is 23.7 Å². The van der Waals surface area contributed by atoms with Gasteiger partial charge in [0.15, 0.2) is 5.76 Å². The highest BCUT2D eigenvalue weighted by atomic mass is 35.5. The van der Waals surface area contributed by atoms with E-state index < -0.39 is 5.91 Å². The average Bonchev–Trinajstić information content (AvgIpc) is 2.85. The summed E-state index contributed by atoms with van der Waals surface area (Å²) in [5, 5.41) is 0.607. The van der Waals surface area contributed by atoms with Crippen molar-refractivity contribution < 1.29 is 14.0 Å². The molecule has 6 heteroatoms. The maximum atomic E-state index is 11.6. The summed E-state index contributed by atoms with van der Waals surface area (Å²) in [5.74, 6) is -0.0524. The van der Waals surface area contributed by atoms with Gasteiger partial charge in [0.2, 0.25) is 5.91 Å². The highest BCUT2D eigenvalue weighted by Gasteiger charge is 2.11. The summed E-state index contributed by atoms with van der Waals surface area (Å²) in [6.07, 6.45) is 0.147. The third-order valence-corrected chi connectivity index (χ3v) is 2.81. The molecule has 2 amide bonds. The molecule has 2 rings (SSSR count). The predicted octanol–water partition coefficient (Wildman–Crippen LogP) is 2.25. The highest BCUT2D eigenvalue weighted by molar-refractivity contribution is 6.30. The molecule has 0 spiro atoms. The van der Waals surface area contributed by atoms with Crippen LogP contribution in [0.4, 0.5) is 0 Å². The van der Waals surface area contributed by atoms with Gasteiger partial charge >= 0.3 is 5.91 Å². The monoisotopic (exact) mass is 292 g/mol. The summed E-state index contributed by atoms with van der Waals surface area (Å²) in [4.78, 5) is 23.3. The minimum Gasteiger partial charge on any atom is -0.456 e. The molecule has 0 saturated carbocycles. The van der Waals surface area contributed by atoms with E-state index in [1.165, 1.54) is 6.07 Å². The molecule has 0 bridgehead atoms. The Kier molecular flexibility index (Phi) is 4.42. The van der Waals surface area contributed by atoms with Crippen molar-refractivity contribution in [2.24, 2.45) is 0 Å². The number of furan rings is 1. The molecule has 0 unspecified atom stereocenters. The van der Waals surface area contributed by atoms with Gasteiger partial charge < -0.3 is 4.42 Å². The van der Waals surface area contributed by atoms with Crippen LogP contribution >= 0.6 is 11.6 Å². The molecule has 0 radical (unpaired) electrons. The average molecular weight is 293 g/mol. The van der Waals surface area contributed by atoms with Gasteiger partial charge in [-0.25, -0.2) is 0 Å². The largest absolute Gasteiger partial charge is 0.456 e. The Hall–Kier alpha value is -2.27. The number of benzene rings is 1. The molecule has 1 aromatic heterocycles. The number of nitrogens with one attached hydrogen (secondary N) is 2. The number of aryl methyl sites for hydroxylation is 1. The molecule has 104 valence electrons. The Morgan fingerprint density at radius 3 is 2.40 bits per heavy atom. The van der Waals surface area contributed by atoms with Crippen LogP contribution in [0, 0.1) is 6.92 Å². The number of halogens is 1. The maximum Gasteiger partial charge on any atom is 0.305 e. The van der Waals surface area contributed by atoms with E-state index in [2.05, 4.69) is 10.9 Å². The van der Waals surface area contributed by atoms with E-state index in [1.54, 1.807) is 37.3 Å². The lowest BCUT2D eigenvalue weighted by molar-refractivity contribution is -0.121. The molecular formula is C14H13ClN2O3. The van der Waals surface area contributed by atoms with Crippen LogP contribution in [0.25, 0.3) is 0 Å². The zero-order valence-corrected chi connectivity index (χ0v) is 11.5. The lowest BCUT2D eigenvalue weighted by Gasteiger charge is -2.06. The minimum atomic E-state index is -0.498. The Bertz CT molecular complexity index is 620. The molecule has 0 fully saturated rings. The molecule has 0 aliphatic carbocycles. The van der Waals surface area contributed by atoms with Gasteiger partial charge in [-0.3, -0.25) is 20.4 Å². The maximum absolute atomic E-state index is 11.6. The van der Waals surface area contributed by atoms with E-state index in [9.17, 15) is 9.59 Å². The van der Waals surface area contributed by atoms with Gasteiger partial charge in [0.25, 0.3) is 0 Å². The number of carbonyl (C=O) groups excluding carboxylic acids is 2. The van der Waals surface area contributed by atoms with Gasteiger partial charge in [0.05, 0.1) is 6.42 Å². The van der Waals surface area contributed by atoms with Crippen molar-refractivity contribution in [3.63, 3.8) is 0 Å². The van der Waals surface area contributed by atoms with Gasteiger partial charge in [0, 0.05) is 5.02 Å². The third-order valence-electron chi connectivity index (χ3n) is 2.56. The van der Waals surface area contributed by atoms with Crippen LogP contribution in [-0.4, -0.2) is 11.8 Å². The smallest absolute Gasteiger partial charge is 0.305 e. The fraction of sp³-hybridized carbons (Fsp3) is 0.143. The molecule has 5 nitrogen and oxygen atoms in total. The first-order valence-corrected chi connectivity index (χ1v) is 6.32. The van der Waals surface area contributed by atoms with Crippen LogP contribution in [0.5, 0.6) is 0 Å². The fourth-order valence-corrected chi connectivity index (χ4v) is 1.70. The number of hydrazine groups is 1. The Balaban J connectivity index is 1.83. The fourth-order valence-electron chi connectivity index (χ4n) is 1.58. The van der Waals surface area contributed by atoms with E-state index >= 15 is 0 Å². The van der Waals surface area contributed by atoms with E-state index in [0.29, 0.717) is 10.8 Å². The first kappa shape index (κ1) is 14.1. The van der Waals surface area contributed by atoms with Crippen LogP contribution in [0.1, 0.15) is 21.9 Å².